The van der Waals surface area contributed by atoms with Crippen LogP contribution in [0.5, 0.6) is 5.88 Å². The number of nitrogens with zero attached hydrogens (tertiary/aromatic N) is 1. The molecule has 0 fully saturated rings. The van der Waals surface area contributed by atoms with Crippen LogP contribution in [-0.2, 0) is 6.42 Å². The highest BCUT2D eigenvalue weighted by Crippen LogP contribution is 2.25. The zero-order valence-electron chi connectivity index (χ0n) is 7.58. The molecule has 0 spiro atoms. The summed E-state index contributed by atoms with van der Waals surface area (Å²) in [6, 6.07) is 5.46. The van der Waals surface area contributed by atoms with Crippen LogP contribution in [0.1, 0.15) is 10.6 Å². The average Bonchev–Trinajstić information content (AvgIpc) is 2.58. The van der Waals surface area contributed by atoms with Crippen molar-refractivity contribution in [3.63, 3.8) is 0 Å². The highest BCUT2D eigenvalue weighted by Gasteiger charge is 2.04. The van der Waals surface area contributed by atoms with Crippen molar-refractivity contribution in [2.24, 2.45) is 0 Å². The molecule has 0 atom stereocenters. The first kappa shape index (κ1) is 10.7. The van der Waals surface area contributed by atoms with Gasteiger partial charge in [-0.3, -0.25) is 0 Å². The van der Waals surface area contributed by atoms with E-state index in [9.17, 15) is 0 Å². The molecule has 0 radical (unpaired) electrons. The lowest BCUT2D eigenvalue weighted by atomic mass is 10.2. The molecule has 1 heterocycles. The SMILES string of the molecule is Oc1csc(Cc2ccc(Cl)c(Cl)c2)n1. The number of benzene rings is 1. The van der Waals surface area contributed by atoms with Crippen LogP contribution < -0.4 is 0 Å². The first-order valence-corrected chi connectivity index (χ1v) is 5.86. The van der Waals surface area contributed by atoms with E-state index < -0.39 is 0 Å². The normalized spacial score (nSPS) is 10.5. The molecule has 0 amide bonds. The number of hydrogen-bond acceptors (Lipinski definition) is 3. The molecule has 1 N–H and O–H groups in total. The average molecular weight is 260 g/mol. The smallest absolute Gasteiger partial charge is 0.222 e. The Hall–Kier alpha value is -0.770. The molecule has 0 saturated heterocycles. The van der Waals surface area contributed by atoms with Crippen molar-refractivity contribution in [2.75, 3.05) is 0 Å². The Balaban J connectivity index is 2.21. The van der Waals surface area contributed by atoms with E-state index in [0.29, 0.717) is 16.5 Å². The Labute approximate surface area is 101 Å². The van der Waals surface area contributed by atoms with Gasteiger partial charge in [-0.25, -0.2) is 4.98 Å². The third-order valence-electron chi connectivity index (χ3n) is 1.88. The first-order valence-electron chi connectivity index (χ1n) is 4.22. The van der Waals surface area contributed by atoms with Crippen molar-refractivity contribution in [2.45, 2.75) is 6.42 Å². The van der Waals surface area contributed by atoms with Crippen molar-refractivity contribution in [3.05, 3.63) is 44.2 Å². The summed E-state index contributed by atoms with van der Waals surface area (Å²) in [4.78, 5) is 3.96. The van der Waals surface area contributed by atoms with Gasteiger partial charge in [0.25, 0.3) is 0 Å². The Morgan fingerprint density at radius 1 is 1.27 bits per heavy atom. The van der Waals surface area contributed by atoms with E-state index in [1.54, 1.807) is 11.4 Å². The highest BCUT2D eigenvalue weighted by molar-refractivity contribution is 7.09. The number of rotatable bonds is 2. The van der Waals surface area contributed by atoms with Crippen LogP contribution in [0.3, 0.4) is 0 Å². The largest absolute Gasteiger partial charge is 0.493 e. The second kappa shape index (κ2) is 4.39. The topological polar surface area (TPSA) is 33.1 Å². The summed E-state index contributed by atoms with van der Waals surface area (Å²) >= 11 is 13.1. The molecule has 2 rings (SSSR count). The van der Waals surface area contributed by atoms with E-state index in [0.717, 1.165) is 10.6 Å². The van der Waals surface area contributed by atoms with E-state index in [-0.39, 0.29) is 5.88 Å². The molecule has 15 heavy (non-hydrogen) atoms. The van der Waals surface area contributed by atoms with E-state index in [1.807, 2.05) is 12.1 Å². The minimum Gasteiger partial charge on any atom is -0.493 e. The maximum Gasteiger partial charge on any atom is 0.222 e. The summed E-state index contributed by atoms with van der Waals surface area (Å²) in [7, 11) is 0. The van der Waals surface area contributed by atoms with E-state index in [4.69, 9.17) is 28.3 Å². The summed E-state index contributed by atoms with van der Waals surface area (Å²) < 4.78 is 0. The van der Waals surface area contributed by atoms with Gasteiger partial charge in [-0.1, -0.05) is 29.3 Å². The van der Waals surface area contributed by atoms with Gasteiger partial charge in [0, 0.05) is 6.42 Å². The summed E-state index contributed by atoms with van der Waals surface area (Å²) in [5, 5.41) is 12.6. The van der Waals surface area contributed by atoms with Crippen molar-refractivity contribution >= 4 is 34.5 Å². The molecule has 1 aromatic carbocycles. The van der Waals surface area contributed by atoms with Gasteiger partial charge in [0.1, 0.15) is 5.01 Å². The lowest BCUT2D eigenvalue weighted by molar-refractivity contribution is 0.456. The number of halogens is 2. The van der Waals surface area contributed by atoms with Gasteiger partial charge < -0.3 is 5.11 Å². The lowest BCUT2D eigenvalue weighted by Gasteiger charge is -2.00. The van der Waals surface area contributed by atoms with Gasteiger partial charge in [0.15, 0.2) is 0 Å². The van der Waals surface area contributed by atoms with Crippen LogP contribution >= 0.6 is 34.5 Å². The van der Waals surface area contributed by atoms with E-state index >= 15 is 0 Å². The standard InChI is InChI=1S/C10H7Cl2NOS/c11-7-2-1-6(3-8(7)12)4-10-13-9(14)5-15-10/h1-3,5,14H,4H2. The number of hydrogen-bond donors (Lipinski definition) is 1. The van der Waals surface area contributed by atoms with Crippen LogP contribution in [0.25, 0.3) is 0 Å². The molecule has 5 heteroatoms. The molecule has 0 aliphatic rings. The quantitative estimate of drug-likeness (QED) is 0.892. The van der Waals surface area contributed by atoms with Gasteiger partial charge in [-0.15, -0.1) is 11.3 Å². The van der Waals surface area contributed by atoms with E-state index in [1.165, 1.54) is 11.3 Å². The first-order chi connectivity index (χ1) is 7.15. The molecule has 0 aliphatic carbocycles. The summed E-state index contributed by atoms with van der Waals surface area (Å²) in [5.41, 5.74) is 1.03. The molecule has 78 valence electrons. The van der Waals surface area contributed by atoms with Gasteiger partial charge in [-0.05, 0) is 17.7 Å². The summed E-state index contributed by atoms with van der Waals surface area (Å²) in [5.74, 6) is 0.0649. The predicted octanol–water partition coefficient (Wildman–Crippen LogP) is 3.75. The minimum atomic E-state index is 0.0649. The summed E-state index contributed by atoms with van der Waals surface area (Å²) in [6.45, 7) is 0. The number of aromatic hydroxyl groups is 1. The maximum absolute atomic E-state index is 9.08. The molecule has 1 aromatic heterocycles. The number of thiazole rings is 1. The third-order valence-corrected chi connectivity index (χ3v) is 3.45. The third kappa shape index (κ3) is 2.62. The molecule has 0 unspecified atom stereocenters. The van der Waals surface area contributed by atoms with Crippen LogP contribution in [0.15, 0.2) is 23.6 Å². The van der Waals surface area contributed by atoms with Crippen LogP contribution in [0, 0.1) is 0 Å². The fourth-order valence-electron chi connectivity index (χ4n) is 1.21. The van der Waals surface area contributed by atoms with Crippen molar-refractivity contribution in [1.82, 2.24) is 4.98 Å². The molecular weight excluding hydrogens is 253 g/mol. The Bertz CT molecular complexity index is 484. The van der Waals surface area contributed by atoms with Crippen molar-refractivity contribution < 1.29 is 5.11 Å². The molecule has 0 saturated carbocycles. The second-order valence-corrected chi connectivity index (χ2v) is 4.78. The fourth-order valence-corrected chi connectivity index (χ4v) is 2.22. The second-order valence-electron chi connectivity index (χ2n) is 3.02. The lowest BCUT2D eigenvalue weighted by Crippen LogP contribution is -1.86. The summed E-state index contributed by atoms with van der Waals surface area (Å²) in [6.07, 6.45) is 0.655. The van der Waals surface area contributed by atoms with Gasteiger partial charge >= 0.3 is 0 Å². The fraction of sp³-hybridized carbons (Fsp3) is 0.100. The van der Waals surface area contributed by atoms with E-state index in [2.05, 4.69) is 4.98 Å². The molecular formula is C10H7Cl2NOS. The Morgan fingerprint density at radius 2 is 2.07 bits per heavy atom. The molecule has 2 aromatic rings. The van der Waals surface area contributed by atoms with Crippen LogP contribution in [0.4, 0.5) is 0 Å². The van der Waals surface area contributed by atoms with Crippen LogP contribution in [0.2, 0.25) is 10.0 Å². The monoisotopic (exact) mass is 259 g/mol. The predicted molar refractivity (Wildman–Crippen MR) is 63.0 cm³/mol. The zero-order valence-corrected chi connectivity index (χ0v) is 9.90. The van der Waals surface area contributed by atoms with Crippen molar-refractivity contribution in [3.8, 4) is 5.88 Å². The molecule has 2 nitrogen and oxygen atoms in total. The minimum absolute atomic E-state index is 0.0649. The molecule has 0 aliphatic heterocycles. The number of aromatic nitrogens is 1. The highest BCUT2D eigenvalue weighted by atomic mass is 35.5. The van der Waals surface area contributed by atoms with Crippen molar-refractivity contribution in [1.29, 1.82) is 0 Å². The van der Waals surface area contributed by atoms with Crippen LogP contribution in [-0.4, -0.2) is 10.1 Å². The maximum atomic E-state index is 9.08. The Morgan fingerprint density at radius 3 is 2.67 bits per heavy atom. The zero-order chi connectivity index (χ0) is 10.8. The van der Waals surface area contributed by atoms with Gasteiger partial charge in [0.05, 0.1) is 15.4 Å². The van der Waals surface area contributed by atoms with Gasteiger partial charge in [0.2, 0.25) is 5.88 Å². The molecule has 0 bridgehead atoms. The Kier molecular flexibility index (Phi) is 3.14. The van der Waals surface area contributed by atoms with Gasteiger partial charge in [-0.2, -0.15) is 0 Å².